The molecule has 0 atom stereocenters. The van der Waals surface area contributed by atoms with Crippen LogP contribution in [-0.4, -0.2) is 13.1 Å². The first-order valence-electron chi connectivity index (χ1n) is 4.27. The van der Waals surface area contributed by atoms with E-state index in [1.54, 1.807) is 0 Å². The summed E-state index contributed by atoms with van der Waals surface area (Å²) < 4.78 is 0. The van der Waals surface area contributed by atoms with Crippen molar-refractivity contribution in [1.82, 2.24) is 0 Å². The highest BCUT2D eigenvalue weighted by Crippen LogP contribution is 2.26. The highest BCUT2D eigenvalue weighted by atomic mass is 127. The fourth-order valence-electron chi connectivity index (χ4n) is 1.70. The molecule has 0 radical (unpaired) electrons. The molecule has 1 fully saturated rings. The molecule has 11 heavy (non-hydrogen) atoms. The standard InChI is InChI=1S/C8H18N2.HI/c9-5-7-1-2-8(6-10)4-3-7;/h7-8H,1-6,9-10H2;1H. The van der Waals surface area contributed by atoms with E-state index in [1.165, 1.54) is 25.7 Å². The first-order chi connectivity index (χ1) is 4.86. The van der Waals surface area contributed by atoms with Crippen molar-refractivity contribution in [2.75, 3.05) is 13.1 Å². The van der Waals surface area contributed by atoms with E-state index in [1.807, 2.05) is 0 Å². The Morgan fingerprint density at radius 2 is 1.09 bits per heavy atom. The predicted molar refractivity (Wildman–Crippen MR) is 59.0 cm³/mol. The maximum atomic E-state index is 5.56. The molecule has 0 saturated heterocycles. The third-order valence-electron chi connectivity index (χ3n) is 2.63. The van der Waals surface area contributed by atoms with Crippen LogP contribution in [0.4, 0.5) is 0 Å². The van der Waals surface area contributed by atoms with Gasteiger partial charge < -0.3 is 11.5 Å². The Labute approximate surface area is 86.1 Å². The topological polar surface area (TPSA) is 52.0 Å². The second-order valence-corrected chi connectivity index (χ2v) is 3.36. The van der Waals surface area contributed by atoms with Crippen LogP contribution in [0, 0.1) is 11.8 Å². The second kappa shape index (κ2) is 6.20. The summed E-state index contributed by atoms with van der Waals surface area (Å²) in [6, 6.07) is 0. The first-order valence-corrected chi connectivity index (χ1v) is 4.27. The van der Waals surface area contributed by atoms with E-state index < -0.39 is 0 Å². The zero-order valence-electron chi connectivity index (χ0n) is 6.96. The van der Waals surface area contributed by atoms with Gasteiger partial charge in [-0.2, -0.15) is 0 Å². The van der Waals surface area contributed by atoms with Gasteiger partial charge in [-0.1, -0.05) is 0 Å². The van der Waals surface area contributed by atoms with E-state index >= 15 is 0 Å². The predicted octanol–water partition coefficient (Wildman–Crippen LogP) is 1.33. The molecule has 0 spiro atoms. The Kier molecular flexibility index (Phi) is 6.56. The van der Waals surface area contributed by atoms with Crippen LogP contribution in [0.3, 0.4) is 0 Å². The lowest BCUT2D eigenvalue weighted by atomic mass is 9.82. The molecule has 0 aromatic rings. The summed E-state index contributed by atoms with van der Waals surface area (Å²) in [5.74, 6) is 1.59. The molecule has 1 rings (SSSR count). The fraction of sp³-hybridized carbons (Fsp3) is 1.00. The van der Waals surface area contributed by atoms with E-state index in [4.69, 9.17) is 11.5 Å². The van der Waals surface area contributed by atoms with Gasteiger partial charge in [0.15, 0.2) is 0 Å². The van der Waals surface area contributed by atoms with Crippen LogP contribution in [0.1, 0.15) is 25.7 Å². The van der Waals surface area contributed by atoms with Crippen molar-refractivity contribution in [3.8, 4) is 0 Å². The molecule has 0 amide bonds. The monoisotopic (exact) mass is 270 g/mol. The molecule has 0 heterocycles. The van der Waals surface area contributed by atoms with Gasteiger partial charge in [-0.3, -0.25) is 0 Å². The Bertz CT molecular complexity index is 78.1. The molecule has 1 saturated carbocycles. The molecule has 2 nitrogen and oxygen atoms in total. The highest BCUT2D eigenvalue weighted by molar-refractivity contribution is 14.0. The summed E-state index contributed by atoms with van der Waals surface area (Å²) in [7, 11) is 0. The molecule has 4 N–H and O–H groups in total. The smallest absolute Gasteiger partial charge is 0.00489 e. The van der Waals surface area contributed by atoms with Gasteiger partial charge in [-0.15, -0.1) is 24.0 Å². The summed E-state index contributed by atoms with van der Waals surface area (Å²) in [6.45, 7) is 1.74. The van der Waals surface area contributed by atoms with Gasteiger partial charge in [0, 0.05) is 0 Å². The molecule has 1 aliphatic rings. The Morgan fingerprint density at radius 3 is 1.27 bits per heavy atom. The van der Waals surface area contributed by atoms with E-state index in [0.717, 1.165) is 24.9 Å². The summed E-state index contributed by atoms with van der Waals surface area (Å²) in [5.41, 5.74) is 11.1. The number of hydrogen-bond donors (Lipinski definition) is 2. The molecule has 3 heteroatoms. The molecule has 0 unspecified atom stereocenters. The van der Waals surface area contributed by atoms with Crippen LogP contribution < -0.4 is 11.5 Å². The van der Waals surface area contributed by atoms with Crippen LogP contribution in [0.2, 0.25) is 0 Å². The third kappa shape index (κ3) is 3.71. The van der Waals surface area contributed by atoms with E-state index in [0.29, 0.717) is 0 Å². The number of nitrogens with two attached hydrogens (primary N) is 2. The largest absolute Gasteiger partial charge is 0.330 e. The summed E-state index contributed by atoms with van der Waals surface area (Å²) in [6.07, 6.45) is 5.22. The number of hydrogen-bond acceptors (Lipinski definition) is 2. The normalized spacial score (nSPS) is 31.1. The lowest BCUT2D eigenvalue weighted by Gasteiger charge is -2.26. The van der Waals surface area contributed by atoms with Crippen LogP contribution in [0.25, 0.3) is 0 Å². The van der Waals surface area contributed by atoms with Gasteiger partial charge in [0.05, 0.1) is 0 Å². The van der Waals surface area contributed by atoms with Gasteiger partial charge >= 0.3 is 0 Å². The highest BCUT2D eigenvalue weighted by Gasteiger charge is 2.18. The average molecular weight is 270 g/mol. The minimum atomic E-state index is 0. The third-order valence-corrected chi connectivity index (χ3v) is 2.63. The molecule has 0 aromatic carbocycles. The van der Waals surface area contributed by atoms with Crippen molar-refractivity contribution in [3.63, 3.8) is 0 Å². The van der Waals surface area contributed by atoms with Crippen LogP contribution in [0.15, 0.2) is 0 Å². The zero-order chi connectivity index (χ0) is 7.40. The van der Waals surface area contributed by atoms with E-state index in [2.05, 4.69) is 0 Å². The Hall–Kier alpha value is 0.650. The minimum Gasteiger partial charge on any atom is -0.330 e. The maximum Gasteiger partial charge on any atom is -0.00489 e. The van der Waals surface area contributed by atoms with Crippen molar-refractivity contribution in [3.05, 3.63) is 0 Å². The summed E-state index contributed by atoms with van der Waals surface area (Å²) in [4.78, 5) is 0. The fourth-order valence-corrected chi connectivity index (χ4v) is 1.70. The molecule has 0 aromatic heterocycles. The number of halogens is 1. The lowest BCUT2D eigenvalue weighted by Crippen LogP contribution is -2.25. The number of rotatable bonds is 2. The van der Waals surface area contributed by atoms with Crippen LogP contribution >= 0.6 is 24.0 Å². The van der Waals surface area contributed by atoms with Crippen molar-refractivity contribution in [1.29, 1.82) is 0 Å². The van der Waals surface area contributed by atoms with Gasteiger partial charge in [0.2, 0.25) is 0 Å². The molecule has 1 aliphatic carbocycles. The lowest BCUT2D eigenvalue weighted by molar-refractivity contribution is 0.285. The maximum absolute atomic E-state index is 5.56. The van der Waals surface area contributed by atoms with Gasteiger partial charge in [0.1, 0.15) is 0 Å². The summed E-state index contributed by atoms with van der Waals surface area (Å²) in [5, 5.41) is 0. The van der Waals surface area contributed by atoms with Gasteiger partial charge in [0.25, 0.3) is 0 Å². The van der Waals surface area contributed by atoms with Gasteiger partial charge in [-0.25, -0.2) is 0 Å². The zero-order valence-corrected chi connectivity index (χ0v) is 9.29. The summed E-state index contributed by atoms with van der Waals surface area (Å²) >= 11 is 0. The Balaban J connectivity index is 0.000001000. The van der Waals surface area contributed by atoms with Crippen molar-refractivity contribution < 1.29 is 0 Å². The molecular weight excluding hydrogens is 251 g/mol. The van der Waals surface area contributed by atoms with Crippen LogP contribution in [0.5, 0.6) is 0 Å². The van der Waals surface area contributed by atoms with Gasteiger partial charge in [-0.05, 0) is 50.6 Å². The quantitative estimate of drug-likeness (QED) is 0.744. The second-order valence-electron chi connectivity index (χ2n) is 3.36. The molecule has 68 valence electrons. The first kappa shape index (κ1) is 11.6. The molecule has 0 bridgehead atoms. The SMILES string of the molecule is I.NCC1CCC(CN)CC1. The van der Waals surface area contributed by atoms with Crippen molar-refractivity contribution in [2.45, 2.75) is 25.7 Å². The Morgan fingerprint density at radius 1 is 0.818 bits per heavy atom. The van der Waals surface area contributed by atoms with Crippen LogP contribution in [-0.2, 0) is 0 Å². The van der Waals surface area contributed by atoms with E-state index in [-0.39, 0.29) is 24.0 Å². The van der Waals surface area contributed by atoms with Crippen molar-refractivity contribution >= 4 is 24.0 Å². The average Bonchev–Trinajstić information content (AvgIpc) is 2.05. The van der Waals surface area contributed by atoms with E-state index in [9.17, 15) is 0 Å². The molecule has 0 aliphatic heterocycles. The minimum absolute atomic E-state index is 0. The molecular formula is C8H19IN2. The van der Waals surface area contributed by atoms with Crippen molar-refractivity contribution in [2.24, 2.45) is 23.3 Å².